The quantitative estimate of drug-likeness (QED) is 0.278. The van der Waals surface area contributed by atoms with Crippen molar-refractivity contribution < 1.29 is 18.4 Å². The Balaban J connectivity index is 4.37. The zero-order valence-corrected chi connectivity index (χ0v) is 10.4. The first-order valence-corrected chi connectivity index (χ1v) is 6.62. The molecule has 3 N–H and O–H groups in total. The Kier molecular flexibility index (Phi) is 5.22. The monoisotopic (exact) mass is 251 g/mol. The molecule has 0 aromatic rings. The number of carbonyl (C=O) groups excluding carboxylic acids is 1. The third-order valence-corrected chi connectivity index (χ3v) is 2.75. The molecule has 8 heteroatoms. The molecule has 0 aliphatic carbocycles. The Hall–Kier alpha value is -1.31. The third kappa shape index (κ3) is 5.54. The summed E-state index contributed by atoms with van der Waals surface area (Å²) in [7, 11) is -1.87. The molecule has 0 saturated heterocycles. The van der Waals surface area contributed by atoms with E-state index in [1.807, 2.05) is 0 Å². The molecular formula is C8H17N3O4S. The van der Waals surface area contributed by atoms with Crippen LogP contribution in [0.15, 0.2) is 5.16 Å². The Morgan fingerprint density at radius 3 is 2.44 bits per heavy atom. The minimum Gasteiger partial charge on any atom is -0.409 e. The van der Waals surface area contributed by atoms with Crippen LogP contribution in [-0.2, 0) is 14.6 Å². The van der Waals surface area contributed by atoms with Crippen molar-refractivity contribution in [3.8, 4) is 0 Å². The average molecular weight is 251 g/mol. The second kappa shape index (κ2) is 5.69. The van der Waals surface area contributed by atoms with Gasteiger partial charge in [0.2, 0.25) is 5.91 Å². The lowest BCUT2D eigenvalue weighted by Gasteiger charge is -2.20. The molecule has 0 heterocycles. The van der Waals surface area contributed by atoms with E-state index in [4.69, 9.17) is 10.9 Å². The van der Waals surface area contributed by atoms with Gasteiger partial charge in [0.05, 0.1) is 0 Å². The second-order valence-corrected chi connectivity index (χ2v) is 5.91. The molecule has 1 unspecified atom stereocenters. The molecule has 0 aliphatic heterocycles. The van der Waals surface area contributed by atoms with Crippen molar-refractivity contribution in [2.45, 2.75) is 6.92 Å². The standard InChI is InChI=1S/C8H17N3O4S/c1-6(8(9)10-13)4-11(2)7(12)5-16(3,14)15/h6,13H,4-5H2,1-3H3,(H2,9,10). The van der Waals surface area contributed by atoms with Gasteiger partial charge in [-0.1, -0.05) is 12.1 Å². The first-order chi connectivity index (χ1) is 7.17. The van der Waals surface area contributed by atoms with E-state index >= 15 is 0 Å². The zero-order chi connectivity index (χ0) is 12.9. The Morgan fingerprint density at radius 1 is 1.56 bits per heavy atom. The average Bonchev–Trinajstić information content (AvgIpc) is 2.13. The normalized spacial score (nSPS) is 14.6. The third-order valence-electron chi connectivity index (χ3n) is 1.98. The topological polar surface area (TPSA) is 113 Å². The van der Waals surface area contributed by atoms with E-state index in [0.29, 0.717) is 0 Å². The van der Waals surface area contributed by atoms with E-state index in [1.165, 1.54) is 11.9 Å². The summed E-state index contributed by atoms with van der Waals surface area (Å²) in [4.78, 5) is 12.6. The Morgan fingerprint density at radius 2 is 2.06 bits per heavy atom. The molecule has 0 aromatic carbocycles. The number of rotatable bonds is 5. The van der Waals surface area contributed by atoms with Crippen LogP contribution in [0.3, 0.4) is 0 Å². The van der Waals surface area contributed by atoms with Crippen molar-refractivity contribution in [2.75, 3.05) is 25.6 Å². The maximum absolute atomic E-state index is 11.4. The van der Waals surface area contributed by atoms with Gasteiger partial charge in [0.25, 0.3) is 0 Å². The van der Waals surface area contributed by atoms with Gasteiger partial charge in [-0.05, 0) is 0 Å². The number of amidine groups is 1. The number of nitrogens with zero attached hydrogens (tertiary/aromatic N) is 2. The first-order valence-electron chi connectivity index (χ1n) is 4.56. The molecule has 1 amide bonds. The van der Waals surface area contributed by atoms with E-state index in [9.17, 15) is 13.2 Å². The van der Waals surface area contributed by atoms with Crippen molar-refractivity contribution in [1.82, 2.24) is 4.90 Å². The molecule has 1 atom stereocenters. The van der Waals surface area contributed by atoms with Gasteiger partial charge in [-0.15, -0.1) is 0 Å². The van der Waals surface area contributed by atoms with Crippen LogP contribution >= 0.6 is 0 Å². The van der Waals surface area contributed by atoms with Crippen LogP contribution in [0.5, 0.6) is 0 Å². The van der Waals surface area contributed by atoms with Gasteiger partial charge < -0.3 is 15.8 Å². The van der Waals surface area contributed by atoms with Gasteiger partial charge in [-0.25, -0.2) is 8.42 Å². The minimum atomic E-state index is -3.33. The first kappa shape index (κ1) is 14.7. The van der Waals surface area contributed by atoms with Crippen molar-refractivity contribution in [2.24, 2.45) is 16.8 Å². The van der Waals surface area contributed by atoms with Crippen LogP contribution in [0.1, 0.15) is 6.92 Å². The molecule has 0 rings (SSSR count). The molecule has 0 aliphatic rings. The molecule has 0 saturated carbocycles. The number of hydrogen-bond donors (Lipinski definition) is 2. The van der Waals surface area contributed by atoms with Gasteiger partial charge in [0, 0.05) is 25.8 Å². The molecule has 16 heavy (non-hydrogen) atoms. The Labute approximate surface area is 94.8 Å². The van der Waals surface area contributed by atoms with Gasteiger partial charge in [0.15, 0.2) is 9.84 Å². The molecule has 0 aromatic heterocycles. The largest absolute Gasteiger partial charge is 0.409 e. The van der Waals surface area contributed by atoms with Crippen molar-refractivity contribution in [1.29, 1.82) is 0 Å². The molecular weight excluding hydrogens is 234 g/mol. The van der Waals surface area contributed by atoms with Crippen LogP contribution in [-0.4, -0.2) is 55.9 Å². The van der Waals surface area contributed by atoms with E-state index in [0.717, 1.165) is 6.26 Å². The molecule has 94 valence electrons. The molecule has 0 spiro atoms. The summed E-state index contributed by atoms with van der Waals surface area (Å²) in [6.45, 7) is 1.86. The van der Waals surface area contributed by atoms with E-state index in [2.05, 4.69) is 5.16 Å². The number of carbonyl (C=O) groups is 1. The van der Waals surface area contributed by atoms with Crippen molar-refractivity contribution in [3.05, 3.63) is 0 Å². The highest BCUT2D eigenvalue weighted by Crippen LogP contribution is 2.00. The lowest BCUT2D eigenvalue weighted by atomic mass is 10.1. The van der Waals surface area contributed by atoms with Crippen LogP contribution in [0, 0.1) is 5.92 Å². The van der Waals surface area contributed by atoms with E-state index < -0.39 is 21.5 Å². The van der Waals surface area contributed by atoms with Crippen LogP contribution in [0.2, 0.25) is 0 Å². The lowest BCUT2D eigenvalue weighted by Crippen LogP contribution is -2.38. The van der Waals surface area contributed by atoms with Gasteiger partial charge in [-0.2, -0.15) is 0 Å². The van der Waals surface area contributed by atoms with Crippen LogP contribution in [0.4, 0.5) is 0 Å². The summed E-state index contributed by atoms with van der Waals surface area (Å²) in [6.07, 6.45) is 0.992. The number of hydrogen-bond acceptors (Lipinski definition) is 5. The van der Waals surface area contributed by atoms with E-state index in [-0.39, 0.29) is 18.3 Å². The minimum absolute atomic E-state index is 0.000921. The number of sulfone groups is 1. The highest BCUT2D eigenvalue weighted by molar-refractivity contribution is 7.91. The lowest BCUT2D eigenvalue weighted by molar-refractivity contribution is -0.127. The predicted molar refractivity (Wildman–Crippen MR) is 59.9 cm³/mol. The molecule has 0 bridgehead atoms. The summed E-state index contributed by atoms with van der Waals surface area (Å²) in [5.41, 5.74) is 5.34. The molecule has 0 fully saturated rings. The van der Waals surface area contributed by atoms with Crippen molar-refractivity contribution >= 4 is 21.6 Å². The maximum Gasteiger partial charge on any atom is 0.237 e. The fourth-order valence-electron chi connectivity index (χ4n) is 1.04. The summed E-state index contributed by atoms with van der Waals surface area (Å²) < 4.78 is 21.8. The Bertz CT molecular complexity index is 377. The predicted octanol–water partition coefficient (Wildman–Crippen LogP) is -1.13. The SMILES string of the molecule is CC(CN(C)C(=O)CS(C)(=O)=O)C(N)=NO. The molecule has 7 nitrogen and oxygen atoms in total. The summed E-state index contributed by atoms with van der Waals surface area (Å²) >= 11 is 0. The zero-order valence-electron chi connectivity index (χ0n) is 9.54. The van der Waals surface area contributed by atoms with E-state index in [1.54, 1.807) is 6.92 Å². The van der Waals surface area contributed by atoms with Gasteiger partial charge in [0.1, 0.15) is 11.6 Å². The highest BCUT2D eigenvalue weighted by Gasteiger charge is 2.18. The summed E-state index contributed by atoms with van der Waals surface area (Å²) in [5, 5.41) is 11.2. The fraction of sp³-hybridized carbons (Fsp3) is 0.750. The summed E-state index contributed by atoms with van der Waals surface area (Å²) in [6, 6.07) is 0. The maximum atomic E-state index is 11.4. The number of amides is 1. The number of oxime groups is 1. The smallest absolute Gasteiger partial charge is 0.237 e. The van der Waals surface area contributed by atoms with Crippen LogP contribution in [0.25, 0.3) is 0 Å². The van der Waals surface area contributed by atoms with Crippen LogP contribution < -0.4 is 5.73 Å². The van der Waals surface area contributed by atoms with Gasteiger partial charge in [-0.3, -0.25) is 4.79 Å². The summed E-state index contributed by atoms with van der Waals surface area (Å²) in [5.74, 6) is -1.38. The fourth-order valence-corrected chi connectivity index (χ4v) is 1.71. The van der Waals surface area contributed by atoms with Crippen molar-refractivity contribution in [3.63, 3.8) is 0 Å². The second-order valence-electron chi connectivity index (χ2n) is 3.77. The van der Waals surface area contributed by atoms with Gasteiger partial charge >= 0.3 is 0 Å². The molecule has 0 radical (unpaired) electrons. The highest BCUT2D eigenvalue weighted by atomic mass is 32.2. The number of nitrogens with two attached hydrogens (primary N) is 1.